The van der Waals surface area contributed by atoms with Gasteiger partial charge in [0.2, 0.25) is 0 Å². The van der Waals surface area contributed by atoms with Crippen LogP contribution in [0.4, 0.5) is 48.3 Å². The van der Waals surface area contributed by atoms with Crippen LogP contribution in [-0.4, -0.2) is 109 Å². The maximum absolute atomic E-state index is 14.5. The Morgan fingerprint density at radius 1 is 0.479 bits per heavy atom. The number of fused-ring (bicyclic) bond motifs is 2. The molecule has 73 heavy (non-hydrogen) atoms. The van der Waals surface area contributed by atoms with E-state index >= 15 is 0 Å². The zero-order chi connectivity index (χ0) is 54.1. The lowest BCUT2D eigenvalue weighted by atomic mass is 9.91. The maximum atomic E-state index is 14.5. The van der Waals surface area contributed by atoms with Crippen LogP contribution in [0.2, 0.25) is 0 Å². The van der Waals surface area contributed by atoms with Crippen LogP contribution in [0.25, 0.3) is 9.75 Å². The summed E-state index contributed by atoms with van der Waals surface area (Å²) in [7, 11) is 0. The molecular formula is C52H79F11O8S2. The predicted octanol–water partition coefficient (Wildman–Crippen LogP) is 16.4. The molecule has 0 aliphatic carbocycles. The lowest BCUT2D eigenvalue weighted by molar-refractivity contribution is -0.206. The Hall–Kier alpha value is -2.33. The number of thiophene rings is 2. The Balaban J connectivity index is 1.54. The number of hydrogen-bond acceptors (Lipinski definition) is 10. The van der Waals surface area contributed by atoms with Crippen molar-refractivity contribution in [3.05, 3.63) is 9.75 Å². The fourth-order valence-corrected chi connectivity index (χ4v) is 11.1. The van der Waals surface area contributed by atoms with E-state index < -0.39 is 92.2 Å². The zero-order valence-electron chi connectivity index (χ0n) is 43.7. The molecule has 0 saturated heterocycles. The lowest BCUT2D eigenvalue weighted by Crippen LogP contribution is -2.43. The number of aryl methyl sites for hydroxylation is 2. The third-order valence-electron chi connectivity index (χ3n) is 13.4. The van der Waals surface area contributed by atoms with Gasteiger partial charge in [-0.2, -0.15) is 13.2 Å². The molecule has 0 bridgehead atoms. The predicted molar refractivity (Wildman–Crippen MR) is 262 cm³/mol. The summed E-state index contributed by atoms with van der Waals surface area (Å²) in [6.45, 7) is 14.5. The van der Waals surface area contributed by atoms with Crippen LogP contribution in [0.15, 0.2) is 0 Å². The highest BCUT2D eigenvalue weighted by molar-refractivity contribution is 7.23. The molecular weight excluding hydrogens is 1030 g/mol. The van der Waals surface area contributed by atoms with Crippen molar-refractivity contribution in [3.63, 3.8) is 0 Å². The van der Waals surface area contributed by atoms with Gasteiger partial charge in [-0.15, -0.1) is 22.7 Å². The third-order valence-corrected chi connectivity index (χ3v) is 15.7. The largest absolute Gasteiger partial charge is 0.488 e. The highest BCUT2D eigenvalue weighted by Gasteiger charge is 2.50. The molecule has 0 spiro atoms. The molecule has 0 fully saturated rings. The minimum Gasteiger partial charge on any atom is -0.488 e. The van der Waals surface area contributed by atoms with Crippen LogP contribution in [0.1, 0.15) is 147 Å². The van der Waals surface area contributed by atoms with E-state index in [2.05, 4.69) is 27.7 Å². The van der Waals surface area contributed by atoms with Crippen molar-refractivity contribution >= 4 is 22.7 Å². The van der Waals surface area contributed by atoms with Crippen LogP contribution in [-0.2, 0) is 18.9 Å². The first kappa shape index (κ1) is 63.2. The molecule has 8 nitrogen and oxygen atoms in total. The number of rotatable bonds is 35. The van der Waals surface area contributed by atoms with Gasteiger partial charge < -0.3 is 37.9 Å². The summed E-state index contributed by atoms with van der Waals surface area (Å²) in [5.41, 5.74) is -1.86. The smallest absolute Gasteiger partial charge is 0.394 e. The van der Waals surface area contributed by atoms with E-state index in [0.29, 0.717) is 66.1 Å². The summed E-state index contributed by atoms with van der Waals surface area (Å²) in [6, 6.07) is 0. The zero-order valence-corrected chi connectivity index (χ0v) is 45.3. The Labute approximate surface area is 433 Å². The highest BCUT2D eigenvalue weighted by Crippen LogP contribution is 2.58. The molecule has 0 saturated carbocycles. The van der Waals surface area contributed by atoms with Gasteiger partial charge in [0.1, 0.15) is 32.8 Å². The molecule has 3 unspecified atom stereocenters. The molecule has 4 rings (SSSR count). The summed E-state index contributed by atoms with van der Waals surface area (Å²) in [4.78, 5) is 2.96. The summed E-state index contributed by atoms with van der Waals surface area (Å²) in [5.74, 6) is -13.3. The fourth-order valence-electron chi connectivity index (χ4n) is 8.85. The molecule has 2 aliphatic rings. The van der Waals surface area contributed by atoms with Crippen LogP contribution in [0, 0.1) is 36.5 Å². The van der Waals surface area contributed by atoms with Crippen molar-refractivity contribution in [1.82, 2.24) is 0 Å². The van der Waals surface area contributed by atoms with Gasteiger partial charge in [0.15, 0.2) is 23.0 Å². The second kappa shape index (κ2) is 28.3. The normalized spacial score (nSPS) is 19.8. The van der Waals surface area contributed by atoms with Gasteiger partial charge in [-0.05, 0) is 51.4 Å². The molecule has 424 valence electrons. The number of alkyl halides is 11. The van der Waals surface area contributed by atoms with Crippen molar-refractivity contribution in [2.75, 3.05) is 79.3 Å². The average Bonchev–Trinajstić information content (AvgIpc) is 3.61. The number of hydrogen-bond donors (Lipinski definition) is 0. The van der Waals surface area contributed by atoms with E-state index in [0.717, 1.165) is 72.9 Å². The number of ether oxygens (including phenoxy) is 8. The first-order valence-electron chi connectivity index (χ1n) is 25.9. The van der Waals surface area contributed by atoms with Crippen molar-refractivity contribution in [3.8, 4) is 32.8 Å². The molecule has 2 aromatic rings. The third kappa shape index (κ3) is 20.5. The quantitative estimate of drug-likeness (QED) is 0.0499. The molecule has 21 heteroatoms. The van der Waals surface area contributed by atoms with Crippen molar-refractivity contribution in [2.45, 2.75) is 181 Å². The molecule has 2 aromatic heterocycles. The molecule has 3 atom stereocenters. The average molecular weight is 1110 g/mol. The molecule has 0 amide bonds. The summed E-state index contributed by atoms with van der Waals surface area (Å²) in [6.07, 6.45) is -6.87. The summed E-state index contributed by atoms with van der Waals surface area (Å²) >= 11 is 2.85. The van der Waals surface area contributed by atoms with Crippen molar-refractivity contribution in [2.24, 2.45) is 22.7 Å². The second-order valence-corrected chi connectivity index (χ2v) is 23.0. The maximum Gasteiger partial charge on any atom is 0.394 e. The van der Waals surface area contributed by atoms with E-state index in [-0.39, 0.29) is 52.7 Å². The van der Waals surface area contributed by atoms with Gasteiger partial charge in [0.05, 0.1) is 59.9 Å². The Morgan fingerprint density at radius 3 is 1.21 bits per heavy atom. The Kier molecular flexibility index (Phi) is 24.5. The van der Waals surface area contributed by atoms with Gasteiger partial charge in [-0.3, -0.25) is 0 Å². The van der Waals surface area contributed by atoms with Gasteiger partial charge in [0.25, 0.3) is 23.7 Å². The Bertz CT molecular complexity index is 1900. The summed E-state index contributed by atoms with van der Waals surface area (Å²) < 4.78 is 202. The number of unbranched alkanes of at least 4 members (excludes halogenated alkanes) is 2. The lowest BCUT2D eigenvalue weighted by Gasteiger charge is -2.32. The topological polar surface area (TPSA) is 73.8 Å². The minimum absolute atomic E-state index is 0.145. The van der Waals surface area contributed by atoms with Gasteiger partial charge >= 0.3 is 6.18 Å². The van der Waals surface area contributed by atoms with Gasteiger partial charge in [-0.25, -0.2) is 35.1 Å². The number of halogens is 11. The first-order valence-corrected chi connectivity index (χ1v) is 27.6. The molecule has 0 radical (unpaired) electrons. The highest BCUT2D eigenvalue weighted by atomic mass is 32.1. The van der Waals surface area contributed by atoms with E-state index in [1.54, 1.807) is 0 Å². The van der Waals surface area contributed by atoms with E-state index in [1.165, 1.54) is 22.7 Å². The fraction of sp³-hybridized carbons (Fsp3) is 0.846. The second-order valence-electron chi connectivity index (χ2n) is 20.5. The molecule has 0 aromatic carbocycles. The monoisotopic (exact) mass is 1100 g/mol. The van der Waals surface area contributed by atoms with Gasteiger partial charge in [0, 0.05) is 55.4 Å². The van der Waals surface area contributed by atoms with E-state index in [4.69, 9.17) is 37.9 Å². The molecule has 2 aliphatic heterocycles. The van der Waals surface area contributed by atoms with Crippen LogP contribution >= 0.6 is 22.7 Å². The minimum atomic E-state index is -5.34. The van der Waals surface area contributed by atoms with Crippen LogP contribution in [0.3, 0.4) is 0 Å². The van der Waals surface area contributed by atoms with E-state index in [1.807, 2.05) is 13.8 Å². The van der Waals surface area contributed by atoms with Crippen molar-refractivity contribution < 1.29 is 86.2 Å². The summed E-state index contributed by atoms with van der Waals surface area (Å²) in [5, 5.41) is 0. The SMILES string of the molecule is CCCCC(CC)COCC1(COCC(CC)CCCC)COc2c(C)sc(-c3sc(C)c4c3OCC(COCCCC(F)(F)CC(F)(F)CC)(COCCCC(F)(F)CC(F)(F)CC(F)(F)F)CO4)c2OC1. The first-order chi connectivity index (χ1) is 34.2. The Morgan fingerprint density at radius 2 is 0.849 bits per heavy atom. The van der Waals surface area contributed by atoms with E-state index in [9.17, 15) is 48.3 Å². The molecule has 4 heterocycles. The molecule has 0 N–H and O–H groups in total. The van der Waals surface area contributed by atoms with Gasteiger partial charge in [-0.1, -0.05) is 73.1 Å². The van der Waals surface area contributed by atoms with Crippen LogP contribution < -0.4 is 18.9 Å². The van der Waals surface area contributed by atoms with Crippen molar-refractivity contribution in [1.29, 1.82) is 0 Å². The van der Waals surface area contributed by atoms with Crippen LogP contribution in [0.5, 0.6) is 23.0 Å². The standard InChI is InChI=1S/C52H79F11O8S2/c1-8-13-17-38(10-3)23-66-30-47(31-67-24-39(11-4)18-14-9-2)33-69-41-37(7)73-45(43(41)71-35-47)44-42-40(36(6)72-44)68-32-46(34-70-42,28-64-21-15-19-49(55,56)25-48(53,54)12-5)29-65-22-16-20-50(57,58)26-51(59,60)27-52(61,62)63/h38-39H,8-35H2,1-7H3.